The van der Waals surface area contributed by atoms with E-state index in [-0.39, 0.29) is 37.3 Å². The summed E-state index contributed by atoms with van der Waals surface area (Å²) in [5, 5.41) is 22.9. The van der Waals surface area contributed by atoms with Crippen molar-refractivity contribution in [1.29, 1.82) is 0 Å². The summed E-state index contributed by atoms with van der Waals surface area (Å²) in [6.45, 7) is 2.05. The second kappa shape index (κ2) is 11.4. The lowest BCUT2D eigenvalue weighted by Crippen LogP contribution is -2.51. The molecule has 1 aliphatic heterocycles. The fourth-order valence-corrected chi connectivity index (χ4v) is 2.33. The largest absolute Gasteiger partial charge is 0.599 e. The summed E-state index contributed by atoms with van der Waals surface area (Å²) >= 11 is 0. The second-order valence-corrected chi connectivity index (χ2v) is 5.58. The van der Waals surface area contributed by atoms with Gasteiger partial charge in [0, 0.05) is 13.1 Å². The number of hydrogen-bond acceptors (Lipinski definition) is 6. The van der Waals surface area contributed by atoms with Gasteiger partial charge in [-0.15, -0.1) is 24.8 Å². The first-order chi connectivity index (χ1) is 9.29. The number of likely N-dealkylation sites (N-methyl/N-ethyl adjacent to an activating group) is 1. The number of quaternary nitrogens is 1. The molecule has 3 atom stereocenters. The Bertz CT molecular complexity index is 312. The topological polar surface area (TPSA) is 128 Å². The van der Waals surface area contributed by atoms with Crippen LogP contribution < -0.4 is 16.8 Å². The molecular formula is C12H29Cl2N5O3. The van der Waals surface area contributed by atoms with E-state index in [9.17, 15) is 10.0 Å². The zero-order valence-corrected chi connectivity index (χ0v) is 14.6. The minimum absolute atomic E-state index is 0. The van der Waals surface area contributed by atoms with Crippen molar-refractivity contribution in [3.05, 3.63) is 5.21 Å². The number of amides is 1. The molecule has 1 amide bonds. The summed E-state index contributed by atoms with van der Waals surface area (Å²) in [5.74, 6) is 0.0194. The zero-order valence-electron chi connectivity index (χ0n) is 12.9. The maximum atomic E-state index is 11.9. The van der Waals surface area contributed by atoms with Crippen LogP contribution in [-0.4, -0.2) is 66.3 Å². The molecule has 8 nitrogen and oxygen atoms in total. The predicted octanol–water partition coefficient (Wildman–Crippen LogP) is -0.232. The molecule has 0 aromatic carbocycles. The van der Waals surface area contributed by atoms with Crippen LogP contribution in [0.4, 0.5) is 0 Å². The van der Waals surface area contributed by atoms with Gasteiger partial charge in [0.1, 0.15) is 12.7 Å². The van der Waals surface area contributed by atoms with Gasteiger partial charge in [0.05, 0.1) is 13.1 Å². The average Bonchev–Trinajstić information content (AvgIpc) is 2.84. The van der Waals surface area contributed by atoms with Crippen LogP contribution in [0.25, 0.3) is 0 Å². The van der Waals surface area contributed by atoms with Crippen LogP contribution in [0.2, 0.25) is 0 Å². The van der Waals surface area contributed by atoms with E-state index in [1.165, 1.54) is 0 Å². The normalized spacial score (nSPS) is 19.6. The lowest BCUT2D eigenvalue weighted by atomic mass is 10.1. The molecule has 0 bridgehead atoms. The number of nitrogens with zero attached hydrogens (tertiary/aromatic N) is 2. The fourth-order valence-electron chi connectivity index (χ4n) is 2.33. The van der Waals surface area contributed by atoms with Crippen LogP contribution in [0.3, 0.4) is 0 Å². The number of hydrogen-bond donors (Lipinski definition) is 4. The highest BCUT2D eigenvalue weighted by Crippen LogP contribution is 2.10. The molecule has 0 aromatic heterocycles. The first-order valence-corrected chi connectivity index (χ1v) is 7.12. The SMILES string of the molecule is C[N+]([O-])(O)CC(N)NCCC[C@H](N)C(=O)N1CCCC1.Cl.Cl. The number of carbonyl (C=O) groups is 1. The van der Waals surface area contributed by atoms with E-state index in [4.69, 9.17) is 16.7 Å². The maximum Gasteiger partial charge on any atom is 0.239 e. The van der Waals surface area contributed by atoms with Gasteiger partial charge >= 0.3 is 0 Å². The number of carbonyl (C=O) groups excluding carboxylic acids is 1. The molecule has 2 unspecified atom stereocenters. The Balaban J connectivity index is 0. The van der Waals surface area contributed by atoms with Crippen LogP contribution in [-0.2, 0) is 4.79 Å². The minimum atomic E-state index is -1.42. The Morgan fingerprint density at radius 2 is 1.91 bits per heavy atom. The number of nitrogens with one attached hydrogen (secondary N) is 1. The van der Waals surface area contributed by atoms with Crippen molar-refractivity contribution in [2.45, 2.75) is 37.9 Å². The molecule has 134 valence electrons. The highest BCUT2D eigenvalue weighted by atomic mass is 35.5. The van der Waals surface area contributed by atoms with E-state index in [1.54, 1.807) is 0 Å². The standard InChI is InChI=1S/C12H27N5O3.2ClH/c1-17(19,20)9-11(14)15-6-4-5-10(13)12(18)16-7-2-3-8-16;;/h10-11,15,19H,2-9,13-14H2,1H3;2*1H/t10-,11?;;/m0../s1. The second-order valence-electron chi connectivity index (χ2n) is 5.58. The third kappa shape index (κ3) is 9.75. The summed E-state index contributed by atoms with van der Waals surface area (Å²) in [5.41, 5.74) is 11.5. The number of halogens is 2. The van der Waals surface area contributed by atoms with Crippen molar-refractivity contribution in [3.63, 3.8) is 0 Å². The van der Waals surface area contributed by atoms with E-state index < -0.39 is 17.0 Å². The zero-order chi connectivity index (χ0) is 15.2. The van der Waals surface area contributed by atoms with Crippen LogP contribution in [0, 0.1) is 5.21 Å². The number of nitrogens with two attached hydrogens (primary N) is 2. The van der Waals surface area contributed by atoms with Crippen molar-refractivity contribution in [1.82, 2.24) is 10.2 Å². The molecule has 10 heteroatoms. The van der Waals surface area contributed by atoms with Gasteiger partial charge in [0.15, 0.2) is 0 Å². The quantitative estimate of drug-likeness (QED) is 0.204. The third-order valence-corrected chi connectivity index (χ3v) is 3.37. The highest BCUT2D eigenvalue weighted by molar-refractivity contribution is 5.85. The Labute approximate surface area is 144 Å². The van der Waals surface area contributed by atoms with Crippen molar-refractivity contribution < 1.29 is 14.8 Å². The number of rotatable bonds is 8. The van der Waals surface area contributed by atoms with Gasteiger partial charge in [-0.25, -0.2) is 10.0 Å². The summed E-state index contributed by atoms with van der Waals surface area (Å²) in [4.78, 5) is 12.3. The Hall–Kier alpha value is -0.190. The van der Waals surface area contributed by atoms with Gasteiger partial charge < -0.3 is 21.6 Å². The highest BCUT2D eigenvalue weighted by Gasteiger charge is 2.23. The molecular weight excluding hydrogens is 333 g/mol. The Morgan fingerprint density at radius 1 is 1.36 bits per heavy atom. The van der Waals surface area contributed by atoms with Crippen molar-refractivity contribution in [2.24, 2.45) is 11.5 Å². The van der Waals surface area contributed by atoms with E-state index in [0.717, 1.165) is 33.0 Å². The molecule has 0 aliphatic carbocycles. The van der Waals surface area contributed by atoms with E-state index in [2.05, 4.69) is 5.32 Å². The van der Waals surface area contributed by atoms with Crippen molar-refractivity contribution in [3.8, 4) is 0 Å². The van der Waals surface area contributed by atoms with E-state index >= 15 is 0 Å². The van der Waals surface area contributed by atoms with Crippen molar-refractivity contribution in [2.75, 3.05) is 33.2 Å². The lowest BCUT2D eigenvalue weighted by Gasteiger charge is -2.31. The third-order valence-electron chi connectivity index (χ3n) is 3.37. The predicted molar refractivity (Wildman–Crippen MR) is 89.7 cm³/mol. The molecule has 1 rings (SSSR count). The van der Waals surface area contributed by atoms with Gasteiger partial charge in [-0.2, -0.15) is 0 Å². The molecule has 0 spiro atoms. The van der Waals surface area contributed by atoms with Crippen LogP contribution >= 0.6 is 24.8 Å². The van der Waals surface area contributed by atoms with Gasteiger partial charge in [-0.3, -0.25) is 10.1 Å². The lowest BCUT2D eigenvalue weighted by molar-refractivity contribution is -1.05. The van der Waals surface area contributed by atoms with Gasteiger partial charge in [0.2, 0.25) is 5.91 Å². The van der Waals surface area contributed by atoms with Crippen LogP contribution in [0.1, 0.15) is 25.7 Å². The van der Waals surface area contributed by atoms with Crippen LogP contribution in [0.5, 0.6) is 0 Å². The number of likely N-dealkylation sites (tertiary alicyclic amines) is 1. The van der Waals surface area contributed by atoms with Gasteiger partial charge in [-0.05, 0) is 32.2 Å². The molecule has 22 heavy (non-hydrogen) atoms. The Morgan fingerprint density at radius 3 is 2.41 bits per heavy atom. The Kier molecular flexibility index (Phi) is 12.4. The molecule has 0 saturated carbocycles. The average molecular weight is 362 g/mol. The summed E-state index contributed by atoms with van der Waals surface area (Å²) < 4.78 is 0. The van der Waals surface area contributed by atoms with Crippen molar-refractivity contribution >= 4 is 30.7 Å². The maximum absolute atomic E-state index is 11.9. The monoisotopic (exact) mass is 361 g/mol. The first kappa shape index (κ1) is 24.1. The van der Waals surface area contributed by atoms with Gasteiger partial charge in [0.25, 0.3) is 0 Å². The van der Waals surface area contributed by atoms with Gasteiger partial charge in [-0.1, -0.05) is 0 Å². The van der Waals surface area contributed by atoms with Crippen LogP contribution in [0.15, 0.2) is 0 Å². The summed E-state index contributed by atoms with van der Waals surface area (Å²) in [7, 11) is 1.12. The molecule has 6 N–H and O–H groups in total. The van der Waals surface area contributed by atoms with E-state index in [0.29, 0.717) is 19.4 Å². The first-order valence-electron chi connectivity index (χ1n) is 7.12. The smallest absolute Gasteiger partial charge is 0.239 e. The minimum Gasteiger partial charge on any atom is -0.599 e. The molecule has 1 saturated heterocycles. The molecule has 0 aromatic rings. The molecule has 0 radical (unpaired) electrons. The molecule has 1 fully saturated rings. The summed E-state index contributed by atoms with van der Waals surface area (Å²) in [6.07, 6.45) is 2.82. The number of hydroxylamine groups is 4. The van der Waals surface area contributed by atoms with E-state index in [1.807, 2.05) is 4.90 Å². The molecule has 1 heterocycles. The summed E-state index contributed by atoms with van der Waals surface area (Å²) in [6, 6.07) is -0.468. The fraction of sp³-hybridized carbons (Fsp3) is 0.917. The molecule has 1 aliphatic rings.